The summed E-state index contributed by atoms with van der Waals surface area (Å²) in [5, 5.41) is 3.42. The number of methoxy groups -OCH3 is 1. The van der Waals surface area contributed by atoms with Crippen LogP contribution in [0.5, 0.6) is 11.5 Å². The van der Waals surface area contributed by atoms with Crippen molar-refractivity contribution in [3.8, 4) is 11.5 Å². The van der Waals surface area contributed by atoms with E-state index in [-0.39, 0.29) is 6.10 Å². The fourth-order valence-corrected chi connectivity index (χ4v) is 3.59. The molecule has 0 bridgehead atoms. The van der Waals surface area contributed by atoms with Crippen LogP contribution in [0.25, 0.3) is 0 Å². The third-order valence-corrected chi connectivity index (χ3v) is 4.87. The minimum atomic E-state index is 0.275. The summed E-state index contributed by atoms with van der Waals surface area (Å²) in [6.45, 7) is 4.39. The maximum atomic E-state index is 6.21. The van der Waals surface area contributed by atoms with Gasteiger partial charge in [-0.15, -0.1) is 0 Å². The van der Waals surface area contributed by atoms with Gasteiger partial charge < -0.3 is 19.7 Å². The number of nitrogens with zero attached hydrogens (tertiary/aromatic N) is 1. The zero-order valence-corrected chi connectivity index (χ0v) is 13.8. The number of nitrogens with one attached hydrogen (secondary N) is 1. The lowest BCUT2D eigenvalue weighted by molar-refractivity contribution is 0.101. The summed E-state index contributed by atoms with van der Waals surface area (Å²) in [7, 11) is 3.90. The highest BCUT2D eigenvalue weighted by atomic mass is 16.5. The Balaban J connectivity index is 1.71. The molecular formula is C18H28N2O2. The van der Waals surface area contributed by atoms with Crippen molar-refractivity contribution in [1.82, 2.24) is 10.2 Å². The topological polar surface area (TPSA) is 33.7 Å². The molecule has 0 aliphatic carbocycles. The van der Waals surface area contributed by atoms with E-state index in [1.54, 1.807) is 7.11 Å². The van der Waals surface area contributed by atoms with Crippen LogP contribution < -0.4 is 14.8 Å². The van der Waals surface area contributed by atoms with Gasteiger partial charge in [-0.1, -0.05) is 6.07 Å². The number of likely N-dealkylation sites (tertiary alicyclic amines) is 1. The molecule has 3 rings (SSSR count). The zero-order chi connectivity index (χ0) is 15.4. The quantitative estimate of drug-likeness (QED) is 0.927. The van der Waals surface area contributed by atoms with Crippen molar-refractivity contribution in [3.63, 3.8) is 0 Å². The van der Waals surface area contributed by atoms with E-state index in [4.69, 9.17) is 9.47 Å². The summed E-state index contributed by atoms with van der Waals surface area (Å²) in [6, 6.07) is 6.50. The minimum Gasteiger partial charge on any atom is -0.493 e. The largest absolute Gasteiger partial charge is 0.493 e. The molecule has 4 nitrogen and oxygen atoms in total. The second-order valence-corrected chi connectivity index (χ2v) is 6.58. The van der Waals surface area contributed by atoms with Crippen LogP contribution in [-0.4, -0.2) is 51.3 Å². The normalized spacial score (nSPS) is 24.2. The molecule has 0 saturated carbocycles. The number of rotatable bonds is 4. The van der Waals surface area contributed by atoms with Gasteiger partial charge in [0.25, 0.3) is 0 Å². The van der Waals surface area contributed by atoms with Crippen LogP contribution in [-0.2, 0) is 0 Å². The van der Waals surface area contributed by atoms with Gasteiger partial charge in [0.15, 0.2) is 11.5 Å². The van der Waals surface area contributed by atoms with Crippen molar-refractivity contribution in [3.05, 3.63) is 23.8 Å². The molecule has 122 valence electrons. The summed E-state index contributed by atoms with van der Waals surface area (Å²) in [6.07, 6.45) is 5.02. The van der Waals surface area contributed by atoms with Crippen molar-refractivity contribution in [2.75, 3.05) is 40.3 Å². The van der Waals surface area contributed by atoms with Crippen LogP contribution in [0.15, 0.2) is 18.2 Å². The molecule has 1 aromatic rings. The van der Waals surface area contributed by atoms with Gasteiger partial charge in [-0.3, -0.25) is 0 Å². The molecule has 1 N–H and O–H groups in total. The Morgan fingerprint density at radius 3 is 2.68 bits per heavy atom. The standard InChI is InChI=1S/C18H28N2O2/c1-20-11-3-4-16(13-20)22-17-6-5-15(12-18(17)21-2)14-7-9-19-10-8-14/h5-6,12,14,16,19H,3-4,7-11,13H2,1-2H3. The molecule has 0 spiro atoms. The maximum Gasteiger partial charge on any atom is 0.161 e. The smallest absolute Gasteiger partial charge is 0.161 e. The van der Waals surface area contributed by atoms with E-state index in [0.717, 1.165) is 37.6 Å². The van der Waals surface area contributed by atoms with Crippen LogP contribution in [0.1, 0.15) is 37.2 Å². The van der Waals surface area contributed by atoms with Crippen molar-refractivity contribution in [2.24, 2.45) is 0 Å². The predicted molar refractivity (Wildman–Crippen MR) is 89.0 cm³/mol. The van der Waals surface area contributed by atoms with E-state index in [0.29, 0.717) is 5.92 Å². The van der Waals surface area contributed by atoms with Crippen molar-refractivity contribution in [2.45, 2.75) is 37.7 Å². The second-order valence-electron chi connectivity index (χ2n) is 6.58. The van der Waals surface area contributed by atoms with E-state index in [1.165, 1.54) is 31.4 Å². The van der Waals surface area contributed by atoms with E-state index >= 15 is 0 Å². The van der Waals surface area contributed by atoms with Crippen molar-refractivity contribution >= 4 is 0 Å². The predicted octanol–water partition coefficient (Wildman–Crippen LogP) is 2.64. The van der Waals surface area contributed by atoms with Crippen LogP contribution >= 0.6 is 0 Å². The summed E-state index contributed by atoms with van der Waals surface area (Å²) in [5.41, 5.74) is 1.38. The monoisotopic (exact) mass is 304 g/mol. The van der Waals surface area contributed by atoms with Gasteiger partial charge in [-0.25, -0.2) is 0 Å². The second kappa shape index (κ2) is 7.34. The maximum absolute atomic E-state index is 6.21. The molecule has 1 unspecified atom stereocenters. The molecule has 2 saturated heterocycles. The number of hydrogen-bond donors (Lipinski definition) is 1. The van der Waals surface area contributed by atoms with Crippen LogP contribution in [0, 0.1) is 0 Å². The van der Waals surface area contributed by atoms with E-state index in [9.17, 15) is 0 Å². The number of piperidine rings is 2. The molecular weight excluding hydrogens is 276 g/mol. The van der Waals surface area contributed by atoms with E-state index in [1.807, 2.05) is 0 Å². The number of hydrogen-bond acceptors (Lipinski definition) is 4. The Bertz CT molecular complexity index is 486. The molecule has 4 heteroatoms. The lowest BCUT2D eigenvalue weighted by Crippen LogP contribution is -2.38. The average Bonchev–Trinajstić information content (AvgIpc) is 2.56. The SMILES string of the molecule is COc1cc(C2CCNCC2)ccc1OC1CCCN(C)C1. The van der Waals surface area contributed by atoms with Crippen molar-refractivity contribution in [1.29, 1.82) is 0 Å². The van der Waals surface area contributed by atoms with Crippen LogP contribution in [0.4, 0.5) is 0 Å². The number of likely N-dealkylation sites (N-methyl/N-ethyl adjacent to an activating group) is 1. The van der Waals surface area contributed by atoms with Crippen LogP contribution in [0.2, 0.25) is 0 Å². The molecule has 2 fully saturated rings. The van der Waals surface area contributed by atoms with Gasteiger partial charge in [0.1, 0.15) is 6.10 Å². The Labute approximate surface area is 133 Å². The summed E-state index contributed by atoms with van der Waals surface area (Å²) in [4.78, 5) is 2.34. The summed E-state index contributed by atoms with van der Waals surface area (Å²) < 4.78 is 11.8. The first-order chi connectivity index (χ1) is 10.8. The molecule has 1 aromatic carbocycles. The zero-order valence-electron chi connectivity index (χ0n) is 13.8. The molecule has 22 heavy (non-hydrogen) atoms. The third-order valence-electron chi connectivity index (χ3n) is 4.87. The summed E-state index contributed by atoms with van der Waals surface area (Å²) in [5.74, 6) is 2.41. The Kier molecular flexibility index (Phi) is 5.21. The lowest BCUT2D eigenvalue weighted by atomic mass is 9.90. The molecule has 0 radical (unpaired) electrons. The molecule has 2 heterocycles. The fraction of sp³-hybridized carbons (Fsp3) is 0.667. The van der Waals surface area contributed by atoms with Gasteiger partial charge in [-0.05, 0) is 76.0 Å². The highest BCUT2D eigenvalue weighted by Gasteiger charge is 2.21. The summed E-state index contributed by atoms with van der Waals surface area (Å²) >= 11 is 0. The lowest BCUT2D eigenvalue weighted by Gasteiger charge is -2.30. The van der Waals surface area contributed by atoms with Gasteiger partial charge in [0, 0.05) is 6.54 Å². The molecule has 2 aliphatic rings. The number of benzene rings is 1. The van der Waals surface area contributed by atoms with Crippen LogP contribution in [0.3, 0.4) is 0 Å². The molecule has 1 atom stereocenters. The first-order valence-corrected chi connectivity index (χ1v) is 8.50. The van der Waals surface area contributed by atoms with E-state index in [2.05, 4.69) is 35.5 Å². The van der Waals surface area contributed by atoms with Gasteiger partial charge in [0.2, 0.25) is 0 Å². The number of ether oxygens (including phenoxy) is 2. The Hall–Kier alpha value is -1.26. The first kappa shape index (κ1) is 15.6. The van der Waals surface area contributed by atoms with Crippen molar-refractivity contribution < 1.29 is 9.47 Å². The highest BCUT2D eigenvalue weighted by Crippen LogP contribution is 2.35. The molecule has 0 aromatic heterocycles. The van der Waals surface area contributed by atoms with Gasteiger partial charge in [-0.2, -0.15) is 0 Å². The molecule has 2 aliphatic heterocycles. The minimum absolute atomic E-state index is 0.275. The van der Waals surface area contributed by atoms with Gasteiger partial charge >= 0.3 is 0 Å². The highest BCUT2D eigenvalue weighted by molar-refractivity contribution is 5.44. The fourth-order valence-electron chi connectivity index (χ4n) is 3.59. The molecule has 0 amide bonds. The first-order valence-electron chi connectivity index (χ1n) is 8.50. The Morgan fingerprint density at radius 2 is 1.95 bits per heavy atom. The third kappa shape index (κ3) is 3.73. The van der Waals surface area contributed by atoms with Gasteiger partial charge in [0.05, 0.1) is 7.11 Å². The van der Waals surface area contributed by atoms with E-state index < -0.39 is 0 Å². The Morgan fingerprint density at radius 1 is 1.14 bits per heavy atom. The average molecular weight is 304 g/mol.